The van der Waals surface area contributed by atoms with Gasteiger partial charge in [-0.25, -0.2) is 13.6 Å². The van der Waals surface area contributed by atoms with E-state index in [9.17, 15) is 18.4 Å². The topological polar surface area (TPSA) is 54.4 Å². The summed E-state index contributed by atoms with van der Waals surface area (Å²) in [7, 11) is 0. The molecule has 0 aliphatic heterocycles. The largest absolute Gasteiger partial charge is 0.478 e. The zero-order valence-electron chi connectivity index (χ0n) is 10.2. The first-order valence-electron chi connectivity index (χ1n) is 5.53. The van der Waals surface area contributed by atoms with E-state index in [-0.39, 0.29) is 15.6 Å². The molecule has 0 aliphatic carbocycles. The van der Waals surface area contributed by atoms with E-state index in [4.69, 9.17) is 28.3 Å². The van der Waals surface area contributed by atoms with E-state index in [0.29, 0.717) is 12.1 Å². The van der Waals surface area contributed by atoms with E-state index >= 15 is 0 Å². The SMILES string of the molecule is O=C(O)c1cc(F)c(F)cc1C(=O)c1ccc(Cl)c(Cl)c1. The van der Waals surface area contributed by atoms with Gasteiger partial charge in [0.15, 0.2) is 17.4 Å². The lowest BCUT2D eigenvalue weighted by Gasteiger charge is -2.07. The van der Waals surface area contributed by atoms with Crippen molar-refractivity contribution in [3.63, 3.8) is 0 Å². The van der Waals surface area contributed by atoms with Crippen LogP contribution in [0.25, 0.3) is 0 Å². The molecule has 0 aromatic heterocycles. The summed E-state index contributed by atoms with van der Waals surface area (Å²) in [5, 5.41) is 9.28. The smallest absolute Gasteiger partial charge is 0.336 e. The highest BCUT2D eigenvalue weighted by molar-refractivity contribution is 6.42. The van der Waals surface area contributed by atoms with Crippen LogP contribution < -0.4 is 0 Å². The minimum absolute atomic E-state index is 0.0120. The van der Waals surface area contributed by atoms with Gasteiger partial charge in [0.2, 0.25) is 0 Å². The third-order valence-electron chi connectivity index (χ3n) is 2.72. The molecule has 0 heterocycles. The first-order chi connectivity index (χ1) is 9.81. The summed E-state index contributed by atoms with van der Waals surface area (Å²) in [5.74, 6) is -5.01. The minimum Gasteiger partial charge on any atom is -0.478 e. The van der Waals surface area contributed by atoms with E-state index < -0.39 is 34.5 Å². The molecule has 0 aliphatic rings. The highest BCUT2D eigenvalue weighted by Crippen LogP contribution is 2.25. The minimum atomic E-state index is -1.54. The predicted molar refractivity (Wildman–Crippen MR) is 73.2 cm³/mol. The second kappa shape index (κ2) is 5.79. The Kier molecular flexibility index (Phi) is 4.25. The molecule has 0 saturated heterocycles. The monoisotopic (exact) mass is 330 g/mol. The molecule has 1 N–H and O–H groups in total. The summed E-state index contributed by atoms with van der Waals surface area (Å²) in [4.78, 5) is 23.3. The number of rotatable bonds is 3. The summed E-state index contributed by atoms with van der Waals surface area (Å²) in [6, 6.07) is 4.88. The van der Waals surface area contributed by atoms with Crippen molar-refractivity contribution in [1.29, 1.82) is 0 Å². The van der Waals surface area contributed by atoms with Crippen LogP contribution in [0.15, 0.2) is 30.3 Å². The van der Waals surface area contributed by atoms with Crippen LogP contribution in [-0.4, -0.2) is 16.9 Å². The van der Waals surface area contributed by atoms with Crippen LogP contribution in [0.1, 0.15) is 26.3 Å². The van der Waals surface area contributed by atoms with E-state index in [1.54, 1.807) is 0 Å². The summed E-state index contributed by atoms with van der Waals surface area (Å²) >= 11 is 11.5. The van der Waals surface area contributed by atoms with Crippen molar-refractivity contribution in [2.75, 3.05) is 0 Å². The van der Waals surface area contributed by atoms with Gasteiger partial charge in [0.1, 0.15) is 0 Å². The lowest BCUT2D eigenvalue weighted by Crippen LogP contribution is -2.11. The van der Waals surface area contributed by atoms with Gasteiger partial charge in [-0.3, -0.25) is 4.79 Å². The van der Waals surface area contributed by atoms with Crippen molar-refractivity contribution in [3.05, 3.63) is 68.7 Å². The van der Waals surface area contributed by atoms with Crippen LogP contribution in [0.2, 0.25) is 10.0 Å². The van der Waals surface area contributed by atoms with Crippen molar-refractivity contribution in [3.8, 4) is 0 Å². The summed E-state index contributed by atoms with van der Waals surface area (Å²) in [5.41, 5.74) is -1.09. The maximum Gasteiger partial charge on any atom is 0.336 e. The number of carbonyl (C=O) groups is 2. The van der Waals surface area contributed by atoms with Crippen LogP contribution in [0.5, 0.6) is 0 Å². The van der Waals surface area contributed by atoms with Crippen LogP contribution in [0.4, 0.5) is 8.78 Å². The van der Waals surface area contributed by atoms with Crippen molar-refractivity contribution >= 4 is 35.0 Å². The maximum atomic E-state index is 13.3. The molecular weight excluding hydrogens is 325 g/mol. The van der Waals surface area contributed by atoms with E-state index in [2.05, 4.69) is 0 Å². The molecule has 3 nitrogen and oxygen atoms in total. The van der Waals surface area contributed by atoms with Gasteiger partial charge in [-0.1, -0.05) is 23.2 Å². The summed E-state index contributed by atoms with van der Waals surface area (Å²) in [6.07, 6.45) is 0. The van der Waals surface area contributed by atoms with E-state index in [1.807, 2.05) is 0 Å². The molecule has 0 radical (unpaired) electrons. The molecule has 0 bridgehead atoms. The molecule has 0 fully saturated rings. The summed E-state index contributed by atoms with van der Waals surface area (Å²) in [6.45, 7) is 0. The zero-order chi connectivity index (χ0) is 15.7. The highest BCUT2D eigenvalue weighted by Gasteiger charge is 2.22. The Hall–Kier alpha value is -1.98. The van der Waals surface area contributed by atoms with Gasteiger partial charge in [0, 0.05) is 11.1 Å². The van der Waals surface area contributed by atoms with Gasteiger partial charge in [0.25, 0.3) is 0 Å². The van der Waals surface area contributed by atoms with Gasteiger partial charge in [-0.15, -0.1) is 0 Å². The number of benzene rings is 2. The molecule has 0 amide bonds. The molecule has 7 heteroatoms. The molecule has 2 aromatic carbocycles. The van der Waals surface area contributed by atoms with Gasteiger partial charge in [-0.2, -0.15) is 0 Å². The number of carbonyl (C=O) groups excluding carboxylic acids is 1. The van der Waals surface area contributed by atoms with Gasteiger partial charge < -0.3 is 5.11 Å². The van der Waals surface area contributed by atoms with Crippen LogP contribution >= 0.6 is 23.2 Å². The average molecular weight is 331 g/mol. The predicted octanol–water partition coefficient (Wildman–Crippen LogP) is 4.20. The lowest BCUT2D eigenvalue weighted by molar-refractivity contribution is 0.0692. The van der Waals surface area contributed by atoms with Crippen LogP contribution in [0.3, 0.4) is 0 Å². The molecule has 2 rings (SSSR count). The Bertz CT molecular complexity index is 760. The number of ketones is 1. The molecule has 0 unspecified atom stereocenters. The Labute approximate surface area is 127 Å². The van der Waals surface area contributed by atoms with Gasteiger partial charge in [-0.05, 0) is 30.3 Å². The first-order valence-corrected chi connectivity index (χ1v) is 6.29. The molecule has 0 saturated carbocycles. The van der Waals surface area contributed by atoms with E-state index in [0.717, 1.165) is 0 Å². The molecule has 2 aromatic rings. The lowest BCUT2D eigenvalue weighted by atomic mass is 9.98. The maximum absolute atomic E-state index is 13.3. The third-order valence-corrected chi connectivity index (χ3v) is 3.46. The van der Waals surface area contributed by atoms with Crippen LogP contribution in [0, 0.1) is 11.6 Å². The number of hydrogen-bond donors (Lipinski definition) is 1. The van der Waals surface area contributed by atoms with Crippen molar-refractivity contribution < 1.29 is 23.5 Å². The number of carboxylic acid groups (broad SMARTS) is 1. The molecule has 108 valence electrons. The molecular formula is C14H6Cl2F2O3. The second-order valence-corrected chi connectivity index (χ2v) is 4.89. The second-order valence-electron chi connectivity index (χ2n) is 4.08. The quantitative estimate of drug-likeness (QED) is 0.858. The first kappa shape index (κ1) is 15.4. The molecule has 21 heavy (non-hydrogen) atoms. The van der Waals surface area contributed by atoms with Gasteiger partial charge >= 0.3 is 5.97 Å². The fourth-order valence-electron chi connectivity index (χ4n) is 1.70. The number of carboxylic acids is 1. The van der Waals surface area contributed by atoms with Crippen molar-refractivity contribution in [1.82, 2.24) is 0 Å². The third kappa shape index (κ3) is 3.04. The van der Waals surface area contributed by atoms with Crippen molar-refractivity contribution in [2.45, 2.75) is 0 Å². The Balaban J connectivity index is 2.59. The normalized spacial score (nSPS) is 10.5. The fourth-order valence-corrected chi connectivity index (χ4v) is 2.00. The average Bonchev–Trinajstić information content (AvgIpc) is 2.43. The Morgan fingerprint density at radius 2 is 1.48 bits per heavy atom. The Morgan fingerprint density at radius 1 is 0.905 bits per heavy atom. The molecule has 0 atom stereocenters. The number of aromatic carboxylic acids is 1. The Morgan fingerprint density at radius 3 is 2.00 bits per heavy atom. The fraction of sp³-hybridized carbons (Fsp3) is 0. The van der Waals surface area contributed by atoms with Crippen LogP contribution in [-0.2, 0) is 0 Å². The number of halogens is 4. The number of hydrogen-bond acceptors (Lipinski definition) is 2. The summed E-state index contributed by atoms with van der Waals surface area (Å²) < 4.78 is 26.4. The highest BCUT2D eigenvalue weighted by atomic mass is 35.5. The standard InChI is InChI=1S/C14H6Cl2F2O3/c15-9-2-1-6(3-10(9)16)13(19)7-4-11(17)12(18)5-8(7)14(20)21/h1-5H,(H,20,21). The van der Waals surface area contributed by atoms with E-state index in [1.165, 1.54) is 18.2 Å². The van der Waals surface area contributed by atoms with Gasteiger partial charge in [0.05, 0.1) is 15.6 Å². The zero-order valence-corrected chi connectivity index (χ0v) is 11.7. The molecule has 0 spiro atoms. The van der Waals surface area contributed by atoms with Crippen molar-refractivity contribution in [2.24, 2.45) is 0 Å².